The van der Waals surface area contributed by atoms with Crippen LogP contribution in [-0.2, 0) is 24.6 Å². The van der Waals surface area contributed by atoms with Gasteiger partial charge in [-0.3, -0.25) is 23.7 Å². The van der Waals surface area contributed by atoms with Gasteiger partial charge in [-0.2, -0.15) is 13.2 Å². The molecule has 1 atom stereocenters. The van der Waals surface area contributed by atoms with Crippen molar-refractivity contribution < 1.29 is 22.5 Å². The summed E-state index contributed by atoms with van der Waals surface area (Å²) in [4.78, 5) is 58.0. The molecule has 0 radical (unpaired) electrons. The second-order valence-electron chi connectivity index (χ2n) is 8.30. The number of aryl methyl sites for hydroxylation is 1. The molecule has 14 nitrogen and oxygen atoms in total. The monoisotopic (exact) mass is 542 g/mol. The van der Waals surface area contributed by atoms with Gasteiger partial charge in [0.25, 0.3) is 5.56 Å². The second kappa shape index (κ2) is 9.58. The zero-order valence-corrected chi connectivity index (χ0v) is 20.1. The van der Waals surface area contributed by atoms with E-state index in [0.29, 0.717) is 5.69 Å². The molecule has 1 N–H and O–H groups in total. The van der Waals surface area contributed by atoms with Gasteiger partial charge in [-0.25, -0.2) is 24.7 Å². The summed E-state index contributed by atoms with van der Waals surface area (Å²) in [6, 6.07) is 0.510. The Morgan fingerprint density at radius 3 is 2.54 bits per heavy atom. The third-order valence-corrected chi connectivity index (χ3v) is 5.75. The number of carbonyl (C=O) groups is 1. The number of carbonyl (C=O) groups excluding carboxylic acids is 1. The molecule has 0 fully saturated rings. The Hall–Kier alpha value is -5.22. The van der Waals surface area contributed by atoms with Crippen molar-refractivity contribution in [3.63, 3.8) is 0 Å². The summed E-state index contributed by atoms with van der Waals surface area (Å²) in [7, 11) is 1.44. The van der Waals surface area contributed by atoms with E-state index in [-0.39, 0.29) is 34.8 Å². The van der Waals surface area contributed by atoms with E-state index in [1.807, 2.05) is 0 Å². The van der Waals surface area contributed by atoms with Gasteiger partial charge in [0.05, 0.1) is 31.0 Å². The van der Waals surface area contributed by atoms with Gasteiger partial charge in [-0.15, -0.1) is 0 Å². The maximum Gasteiger partial charge on any atom is 0.451 e. The molecule has 0 spiro atoms. The predicted molar refractivity (Wildman–Crippen MR) is 126 cm³/mol. The molecule has 39 heavy (non-hydrogen) atoms. The summed E-state index contributed by atoms with van der Waals surface area (Å²) in [6.45, 7) is 1.35. The van der Waals surface area contributed by atoms with Crippen molar-refractivity contribution in [3.8, 4) is 11.3 Å². The van der Waals surface area contributed by atoms with Gasteiger partial charge in [0.1, 0.15) is 18.0 Å². The number of nitrogens with one attached hydrogen (secondary N) is 1. The molecule has 5 aromatic rings. The van der Waals surface area contributed by atoms with Gasteiger partial charge in [0.2, 0.25) is 11.7 Å². The Morgan fingerprint density at radius 2 is 1.87 bits per heavy atom. The first-order valence-corrected chi connectivity index (χ1v) is 11.1. The highest BCUT2D eigenvalue weighted by molar-refractivity contribution is 5.93. The first-order chi connectivity index (χ1) is 18.5. The minimum absolute atomic E-state index is 0.00461. The largest absolute Gasteiger partial charge is 0.451 e. The van der Waals surface area contributed by atoms with Crippen molar-refractivity contribution in [2.24, 2.45) is 7.05 Å². The molecule has 5 heterocycles. The lowest BCUT2D eigenvalue weighted by Crippen LogP contribution is -2.40. The molecular weight excluding hydrogens is 525 g/mol. The number of anilines is 1. The molecule has 0 saturated carbocycles. The van der Waals surface area contributed by atoms with E-state index >= 15 is 0 Å². The fourth-order valence-corrected chi connectivity index (χ4v) is 3.73. The van der Waals surface area contributed by atoms with E-state index < -0.39 is 35.2 Å². The number of fused-ring (bicyclic) bond motifs is 1. The topological polar surface area (TPSA) is 169 Å². The maximum atomic E-state index is 13.3. The van der Waals surface area contributed by atoms with Gasteiger partial charge in [0.15, 0.2) is 17.0 Å². The fourth-order valence-electron chi connectivity index (χ4n) is 3.73. The van der Waals surface area contributed by atoms with Gasteiger partial charge in [-0.1, -0.05) is 5.16 Å². The van der Waals surface area contributed by atoms with Gasteiger partial charge in [0, 0.05) is 31.1 Å². The van der Waals surface area contributed by atoms with Crippen LogP contribution >= 0.6 is 0 Å². The molecule has 17 heteroatoms. The van der Waals surface area contributed by atoms with E-state index in [0.717, 1.165) is 17.0 Å². The average Bonchev–Trinajstić information content (AvgIpc) is 3.60. The normalized spacial score (nSPS) is 12.5. The molecule has 0 aromatic carbocycles. The Labute approximate surface area is 214 Å². The van der Waals surface area contributed by atoms with Crippen molar-refractivity contribution in [2.45, 2.75) is 25.7 Å². The summed E-state index contributed by atoms with van der Waals surface area (Å²) in [5.41, 5.74) is -0.617. The summed E-state index contributed by atoms with van der Waals surface area (Å²) < 4.78 is 46.4. The van der Waals surface area contributed by atoms with Crippen molar-refractivity contribution in [1.29, 1.82) is 0 Å². The van der Waals surface area contributed by atoms with E-state index in [9.17, 15) is 27.6 Å². The summed E-state index contributed by atoms with van der Waals surface area (Å²) in [6.07, 6.45) is 2.27. The maximum absolute atomic E-state index is 13.3. The molecule has 0 aliphatic carbocycles. The second-order valence-corrected chi connectivity index (χ2v) is 8.30. The number of alkyl halides is 3. The summed E-state index contributed by atoms with van der Waals surface area (Å²) >= 11 is 0. The number of rotatable bonds is 6. The van der Waals surface area contributed by atoms with Crippen LogP contribution in [0.4, 0.5) is 19.0 Å². The quantitative estimate of drug-likeness (QED) is 0.331. The van der Waals surface area contributed by atoms with Crippen molar-refractivity contribution in [1.82, 2.24) is 43.8 Å². The third kappa shape index (κ3) is 4.76. The van der Waals surface area contributed by atoms with Crippen molar-refractivity contribution >= 4 is 22.9 Å². The molecule has 5 rings (SSSR count). The Bertz CT molecular complexity index is 1790. The lowest BCUT2D eigenvalue weighted by Gasteiger charge is -2.15. The number of nitrogens with zero attached hydrogens (tertiary/aromatic N) is 9. The number of hydrogen-bond donors (Lipinski definition) is 1. The highest BCUT2D eigenvalue weighted by atomic mass is 19.4. The van der Waals surface area contributed by atoms with Crippen LogP contribution < -0.4 is 16.6 Å². The highest BCUT2D eigenvalue weighted by Crippen LogP contribution is 2.26. The van der Waals surface area contributed by atoms with E-state index in [1.165, 1.54) is 54.2 Å². The number of hydrogen-bond acceptors (Lipinski definition) is 10. The van der Waals surface area contributed by atoms with Crippen LogP contribution in [0.2, 0.25) is 0 Å². The predicted octanol–water partition coefficient (Wildman–Crippen LogP) is 1.40. The minimum Gasteiger partial charge on any atom is -0.364 e. The van der Waals surface area contributed by atoms with Gasteiger partial charge in [-0.05, 0) is 6.92 Å². The number of imidazole rings is 1. The van der Waals surface area contributed by atoms with Gasteiger partial charge >= 0.3 is 11.9 Å². The lowest BCUT2D eigenvalue weighted by atomic mass is 10.2. The molecule has 1 amide bonds. The van der Waals surface area contributed by atoms with Crippen LogP contribution in [0.25, 0.3) is 22.4 Å². The van der Waals surface area contributed by atoms with Crippen LogP contribution in [0.3, 0.4) is 0 Å². The molecular formula is C22H17F3N10O4. The Morgan fingerprint density at radius 1 is 1.13 bits per heavy atom. The molecule has 0 unspecified atom stereocenters. The van der Waals surface area contributed by atoms with Crippen LogP contribution in [0, 0.1) is 0 Å². The summed E-state index contributed by atoms with van der Waals surface area (Å²) in [5.74, 6) is -1.92. The Balaban J connectivity index is 1.43. The zero-order chi connectivity index (χ0) is 27.9. The number of aromatic nitrogens is 9. The van der Waals surface area contributed by atoms with Gasteiger partial charge < -0.3 is 14.4 Å². The Kier molecular flexibility index (Phi) is 6.25. The van der Waals surface area contributed by atoms with E-state index in [1.54, 1.807) is 0 Å². The standard InChI is InChI=1S/C22H17F3N10O4/c1-11(18(36)31-15-8-26-7-14(30-15)12-5-27-20(28-6-12)22(23,24)25)35-10-29-17-16(35)19(37)34(21(38)33(17)2)9-13-3-4-39-32-13/h3-8,10-11H,9H2,1-2H3,(H,30,31,36)/t11-/m0/s1. The van der Waals surface area contributed by atoms with Crippen LogP contribution in [0.15, 0.2) is 57.6 Å². The van der Waals surface area contributed by atoms with Crippen LogP contribution in [0.5, 0.6) is 0 Å². The SMILES string of the molecule is C[C@@H](C(=O)Nc1cncc(-c2cnc(C(F)(F)F)nc2)n1)n1cnc2c1c(=O)n(Cc1ccon1)c(=O)n2C. The molecule has 0 aliphatic rings. The number of halogens is 3. The number of amides is 1. The third-order valence-electron chi connectivity index (χ3n) is 5.75. The molecule has 0 aliphatic heterocycles. The average molecular weight is 542 g/mol. The molecule has 0 saturated heterocycles. The van der Waals surface area contributed by atoms with E-state index in [2.05, 4.69) is 35.4 Å². The first-order valence-electron chi connectivity index (χ1n) is 11.1. The van der Waals surface area contributed by atoms with Crippen molar-refractivity contribution in [2.75, 3.05) is 5.32 Å². The molecule has 5 aromatic heterocycles. The van der Waals surface area contributed by atoms with Crippen LogP contribution in [0.1, 0.15) is 24.5 Å². The molecule has 0 bridgehead atoms. The summed E-state index contributed by atoms with van der Waals surface area (Å²) in [5, 5.41) is 6.28. The minimum atomic E-state index is -4.70. The van der Waals surface area contributed by atoms with Crippen LogP contribution in [-0.4, -0.2) is 49.7 Å². The highest BCUT2D eigenvalue weighted by Gasteiger charge is 2.34. The fraction of sp³-hybridized carbons (Fsp3) is 0.227. The smallest absolute Gasteiger partial charge is 0.364 e. The first kappa shape index (κ1) is 25.4. The zero-order valence-electron chi connectivity index (χ0n) is 20.1. The molecule has 200 valence electrons. The lowest BCUT2D eigenvalue weighted by molar-refractivity contribution is -0.145. The van der Waals surface area contributed by atoms with Crippen molar-refractivity contribution in [3.05, 3.63) is 75.8 Å². The van der Waals surface area contributed by atoms with E-state index in [4.69, 9.17) is 4.52 Å².